The van der Waals surface area contributed by atoms with E-state index in [4.69, 9.17) is 5.11 Å². The van der Waals surface area contributed by atoms with Gasteiger partial charge in [-0.05, 0) is 43.7 Å². The first-order valence-electron chi connectivity index (χ1n) is 6.55. The number of aliphatic hydroxyl groups excluding tert-OH is 1. The van der Waals surface area contributed by atoms with Crippen LogP contribution in [0.25, 0.3) is 0 Å². The van der Waals surface area contributed by atoms with Crippen LogP contribution in [0.2, 0.25) is 0 Å². The first-order valence-corrected chi connectivity index (χ1v) is 6.55. The maximum atomic E-state index is 12.2. The Morgan fingerprint density at radius 2 is 2.10 bits per heavy atom. The molecule has 0 bridgehead atoms. The average Bonchev–Trinajstić information content (AvgIpc) is 2.46. The van der Waals surface area contributed by atoms with Crippen molar-refractivity contribution in [2.24, 2.45) is 0 Å². The minimum Gasteiger partial charge on any atom is -0.384 e. The summed E-state index contributed by atoms with van der Waals surface area (Å²) in [6, 6.07) is 10.9. The van der Waals surface area contributed by atoms with E-state index in [2.05, 4.69) is 22.1 Å². The van der Waals surface area contributed by atoms with Gasteiger partial charge in [-0.2, -0.15) is 0 Å². The topological polar surface area (TPSA) is 62.2 Å². The first kappa shape index (κ1) is 14.8. The summed E-state index contributed by atoms with van der Waals surface area (Å²) >= 11 is 0. The summed E-state index contributed by atoms with van der Waals surface area (Å²) in [6.07, 6.45) is 0. The van der Waals surface area contributed by atoms with Gasteiger partial charge in [0.15, 0.2) is 0 Å². The number of aliphatic hydroxyl groups is 1. The number of carbonyl (C=O) groups excluding carboxylic acids is 1. The summed E-state index contributed by atoms with van der Waals surface area (Å²) in [6.45, 7) is 3.55. The van der Waals surface area contributed by atoms with Crippen molar-refractivity contribution >= 4 is 11.6 Å². The third-order valence-electron chi connectivity index (χ3n) is 2.85. The average molecular weight is 280 g/mol. The molecule has 106 valence electrons. The minimum atomic E-state index is -0.281. The molecule has 0 saturated heterocycles. The Labute approximate surface area is 123 Å². The number of aromatic nitrogens is 1. The van der Waals surface area contributed by atoms with Gasteiger partial charge in [0.25, 0.3) is 5.91 Å². The van der Waals surface area contributed by atoms with E-state index in [0.717, 1.165) is 11.3 Å². The molecular formula is C17H16N2O2. The third kappa shape index (κ3) is 3.91. The zero-order valence-electron chi connectivity index (χ0n) is 12.0. The smallest absolute Gasteiger partial charge is 0.274 e. The molecule has 1 aromatic carbocycles. The van der Waals surface area contributed by atoms with Crippen LogP contribution in [0.3, 0.4) is 0 Å². The van der Waals surface area contributed by atoms with Crippen molar-refractivity contribution in [2.75, 3.05) is 11.9 Å². The van der Waals surface area contributed by atoms with Crippen molar-refractivity contribution in [3.05, 3.63) is 58.9 Å². The van der Waals surface area contributed by atoms with Crippen LogP contribution >= 0.6 is 0 Å². The molecule has 0 fully saturated rings. The van der Waals surface area contributed by atoms with Crippen molar-refractivity contribution in [3.63, 3.8) is 0 Å². The number of nitrogens with zero attached hydrogens (tertiary/aromatic N) is 1. The van der Waals surface area contributed by atoms with Gasteiger partial charge in [-0.25, -0.2) is 4.98 Å². The van der Waals surface area contributed by atoms with Crippen LogP contribution in [-0.4, -0.2) is 22.6 Å². The van der Waals surface area contributed by atoms with Gasteiger partial charge in [-0.1, -0.05) is 24.0 Å². The normalized spacial score (nSPS) is 9.67. The van der Waals surface area contributed by atoms with Gasteiger partial charge in [-0.3, -0.25) is 4.79 Å². The van der Waals surface area contributed by atoms with Crippen LogP contribution in [0.4, 0.5) is 5.69 Å². The molecule has 2 N–H and O–H groups in total. The zero-order valence-corrected chi connectivity index (χ0v) is 12.0. The summed E-state index contributed by atoms with van der Waals surface area (Å²) in [5.74, 6) is 5.13. The standard InChI is InChI=1S/C17H16N2O2/c1-12-8-9-14(6-4-10-20)16(11-12)19-17(21)15-7-3-5-13(2)18-15/h3,5,7-9,11,20H,10H2,1-2H3,(H,19,21). The SMILES string of the molecule is Cc1ccc(C#CCO)c(NC(=O)c2cccc(C)n2)c1. The van der Waals surface area contributed by atoms with E-state index in [1.165, 1.54) is 0 Å². The van der Waals surface area contributed by atoms with Crippen molar-refractivity contribution in [1.82, 2.24) is 4.98 Å². The number of hydrogen-bond acceptors (Lipinski definition) is 3. The highest BCUT2D eigenvalue weighted by atomic mass is 16.2. The van der Waals surface area contributed by atoms with E-state index < -0.39 is 0 Å². The van der Waals surface area contributed by atoms with E-state index in [1.54, 1.807) is 12.1 Å². The number of hydrogen-bond donors (Lipinski definition) is 2. The van der Waals surface area contributed by atoms with Crippen molar-refractivity contribution < 1.29 is 9.90 Å². The Morgan fingerprint density at radius 1 is 1.29 bits per heavy atom. The highest BCUT2D eigenvalue weighted by Gasteiger charge is 2.10. The Bertz CT molecular complexity index is 727. The molecule has 2 aromatic rings. The molecule has 0 aliphatic rings. The van der Waals surface area contributed by atoms with Gasteiger partial charge < -0.3 is 10.4 Å². The van der Waals surface area contributed by atoms with Crippen LogP contribution in [0.1, 0.15) is 27.3 Å². The Hall–Kier alpha value is -2.64. The molecule has 0 spiro atoms. The summed E-state index contributed by atoms with van der Waals surface area (Å²) in [4.78, 5) is 16.4. The van der Waals surface area contributed by atoms with E-state index in [1.807, 2.05) is 38.1 Å². The maximum Gasteiger partial charge on any atom is 0.274 e. The van der Waals surface area contributed by atoms with Crippen LogP contribution in [0.5, 0.6) is 0 Å². The predicted octanol–water partition coefficient (Wildman–Crippen LogP) is 2.29. The second kappa shape index (κ2) is 6.69. The molecule has 4 heteroatoms. The molecule has 2 rings (SSSR count). The summed E-state index contributed by atoms with van der Waals surface area (Å²) in [7, 11) is 0. The monoisotopic (exact) mass is 280 g/mol. The van der Waals surface area contributed by atoms with Crippen LogP contribution in [0.15, 0.2) is 36.4 Å². The Kier molecular flexibility index (Phi) is 4.70. The largest absolute Gasteiger partial charge is 0.384 e. The van der Waals surface area contributed by atoms with Gasteiger partial charge in [0, 0.05) is 11.3 Å². The van der Waals surface area contributed by atoms with Gasteiger partial charge >= 0.3 is 0 Å². The third-order valence-corrected chi connectivity index (χ3v) is 2.85. The number of carbonyl (C=O) groups is 1. The molecule has 0 aliphatic heterocycles. The fourth-order valence-electron chi connectivity index (χ4n) is 1.86. The fourth-order valence-corrected chi connectivity index (χ4v) is 1.86. The molecule has 1 aromatic heterocycles. The number of anilines is 1. The lowest BCUT2D eigenvalue weighted by molar-refractivity contribution is 0.102. The molecule has 0 radical (unpaired) electrons. The molecule has 1 amide bonds. The zero-order chi connectivity index (χ0) is 15.2. The molecule has 0 aliphatic carbocycles. The number of amides is 1. The van der Waals surface area contributed by atoms with E-state index in [-0.39, 0.29) is 12.5 Å². The Morgan fingerprint density at radius 3 is 2.81 bits per heavy atom. The van der Waals surface area contributed by atoms with Gasteiger partial charge in [0.1, 0.15) is 12.3 Å². The second-order valence-electron chi connectivity index (χ2n) is 4.63. The van der Waals surface area contributed by atoms with Crippen LogP contribution < -0.4 is 5.32 Å². The minimum absolute atomic E-state index is 0.222. The van der Waals surface area contributed by atoms with Crippen molar-refractivity contribution in [3.8, 4) is 11.8 Å². The summed E-state index contributed by atoms with van der Waals surface area (Å²) < 4.78 is 0. The van der Waals surface area contributed by atoms with Crippen molar-refractivity contribution in [2.45, 2.75) is 13.8 Å². The summed E-state index contributed by atoms with van der Waals surface area (Å²) in [5.41, 5.74) is 3.43. The number of aryl methyl sites for hydroxylation is 2. The molecule has 0 atom stereocenters. The lowest BCUT2D eigenvalue weighted by atomic mass is 10.1. The molecular weight excluding hydrogens is 264 g/mol. The maximum absolute atomic E-state index is 12.2. The van der Waals surface area contributed by atoms with E-state index in [9.17, 15) is 4.79 Å². The molecule has 1 heterocycles. The van der Waals surface area contributed by atoms with E-state index >= 15 is 0 Å². The lowest BCUT2D eigenvalue weighted by Crippen LogP contribution is -2.15. The first-order chi connectivity index (χ1) is 10.1. The highest BCUT2D eigenvalue weighted by Crippen LogP contribution is 2.17. The molecule has 21 heavy (non-hydrogen) atoms. The fraction of sp³-hybridized carbons (Fsp3) is 0.176. The highest BCUT2D eigenvalue weighted by molar-refractivity contribution is 6.03. The Balaban J connectivity index is 2.30. The van der Waals surface area contributed by atoms with E-state index in [0.29, 0.717) is 16.9 Å². The number of rotatable bonds is 2. The lowest BCUT2D eigenvalue weighted by Gasteiger charge is -2.08. The van der Waals surface area contributed by atoms with Crippen molar-refractivity contribution in [1.29, 1.82) is 0 Å². The number of pyridine rings is 1. The number of nitrogens with one attached hydrogen (secondary N) is 1. The second-order valence-corrected chi connectivity index (χ2v) is 4.63. The molecule has 4 nitrogen and oxygen atoms in total. The predicted molar refractivity (Wildman–Crippen MR) is 82.1 cm³/mol. The quantitative estimate of drug-likeness (QED) is 0.830. The van der Waals surface area contributed by atoms with Gasteiger partial charge in [0.05, 0.1) is 5.69 Å². The number of benzene rings is 1. The molecule has 0 saturated carbocycles. The molecule has 0 unspecified atom stereocenters. The van der Waals surface area contributed by atoms with Crippen LogP contribution in [-0.2, 0) is 0 Å². The van der Waals surface area contributed by atoms with Gasteiger partial charge in [0.2, 0.25) is 0 Å². The summed E-state index contributed by atoms with van der Waals surface area (Å²) in [5, 5.41) is 11.6. The van der Waals surface area contributed by atoms with Gasteiger partial charge in [-0.15, -0.1) is 0 Å². The van der Waals surface area contributed by atoms with Crippen LogP contribution in [0, 0.1) is 25.7 Å².